The van der Waals surface area contributed by atoms with E-state index < -0.39 is 0 Å². The quantitative estimate of drug-likeness (QED) is 0.562. The van der Waals surface area contributed by atoms with Crippen LogP contribution in [-0.4, -0.2) is 18.0 Å². The SMILES string of the molecule is CC(=O)Oc1ccc2c(c1)CC(C)C1C2CCC2(C)C(OC(C)=O)CCC12. The third kappa shape index (κ3) is 3.07. The van der Waals surface area contributed by atoms with Crippen molar-refractivity contribution in [3.8, 4) is 5.75 Å². The van der Waals surface area contributed by atoms with Crippen molar-refractivity contribution >= 4 is 11.9 Å². The summed E-state index contributed by atoms with van der Waals surface area (Å²) in [5, 5.41) is 0. The standard InChI is InChI=1S/C23H30O4/c1-13-11-16-12-17(26-14(2)24)5-6-18(16)19-9-10-23(4)20(22(13)19)7-8-21(23)27-15(3)25/h5-6,12-13,19-22H,7-11H2,1-4H3. The third-order valence-electron chi connectivity index (χ3n) is 7.53. The second-order valence-corrected chi connectivity index (χ2v) is 9.15. The Morgan fingerprint density at radius 3 is 2.59 bits per heavy atom. The van der Waals surface area contributed by atoms with Gasteiger partial charge >= 0.3 is 11.9 Å². The highest BCUT2D eigenvalue weighted by Crippen LogP contribution is 2.62. The van der Waals surface area contributed by atoms with Crippen molar-refractivity contribution in [2.24, 2.45) is 23.2 Å². The van der Waals surface area contributed by atoms with Crippen LogP contribution < -0.4 is 4.74 Å². The number of hydrogen-bond acceptors (Lipinski definition) is 4. The summed E-state index contributed by atoms with van der Waals surface area (Å²) in [6.45, 7) is 7.69. The van der Waals surface area contributed by atoms with Crippen LogP contribution in [-0.2, 0) is 20.7 Å². The van der Waals surface area contributed by atoms with Crippen LogP contribution in [0.2, 0.25) is 0 Å². The van der Waals surface area contributed by atoms with Gasteiger partial charge in [-0.1, -0.05) is 19.9 Å². The summed E-state index contributed by atoms with van der Waals surface area (Å²) < 4.78 is 11.0. The van der Waals surface area contributed by atoms with Crippen LogP contribution >= 0.6 is 0 Å². The number of benzene rings is 1. The largest absolute Gasteiger partial charge is 0.462 e. The molecular weight excluding hydrogens is 340 g/mol. The molecule has 4 rings (SSSR count). The van der Waals surface area contributed by atoms with Crippen molar-refractivity contribution in [2.75, 3.05) is 0 Å². The molecule has 3 aliphatic carbocycles. The molecule has 0 radical (unpaired) electrons. The fraction of sp³-hybridized carbons (Fsp3) is 0.652. The van der Waals surface area contributed by atoms with Gasteiger partial charge in [0.15, 0.2) is 0 Å². The van der Waals surface area contributed by atoms with Gasteiger partial charge < -0.3 is 9.47 Å². The van der Waals surface area contributed by atoms with Crippen molar-refractivity contribution in [3.05, 3.63) is 29.3 Å². The highest BCUT2D eigenvalue weighted by Gasteiger charge is 2.57. The first kappa shape index (κ1) is 18.5. The molecule has 0 heterocycles. The van der Waals surface area contributed by atoms with Gasteiger partial charge in [0.05, 0.1) is 0 Å². The van der Waals surface area contributed by atoms with Gasteiger partial charge in [0.1, 0.15) is 11.9 Å². The van der Waals surface area contributed by atoms with Crippen molar-refractivity contribution in [2.45, 2.75) is 71.8 Å². The summed E-state index contributed by atoms with van der Waals surface area (Å²) in [4.78, 5) is 22.9. The van der Waals surface area contributed by atoms with Gasteiger partial charge in [-0.05, 0) is 79.0 Å². The maximum Gasteiger partial charge on any atom is 0.308 e. The summed E-state index contributed by atoms with van der Waals surface area (Å²) in [5.74, 6) is 2.62. The second-order valence-electron chi connectivity index (χ2n) is 9.15. The van der Waals surface area contributed by atoms with Gasteiger partial charge in [-0.15, -0.1) is 0 Å². The van der Waals surface area contributed by atoms with E-state index in [1.807, 2.05) is 6.07 Å². The minimum atomic E-state index is -0.271. The van der Waals surface area contributed by atoms with Crippen LogP contribution in [0.4, 0.5) is 0 Å². The molecule has 0 amide bonds. The molecule has 27 heavy (non-hydrogen) atoms. The minimum Gasteiger partial charge on any atom is -0.462 e. The summed E-state index contributed by atoms with van der Waals surface area (Å²) in [7, 11) is 0. The highest BCUT2D eigenvalue weighted by atomic mass is 16.5. The van der Waals surface area contributed by atoms with Gasteiger partial charge in [-0.3, -0.25) is 9.59 Å². The van der Waals surface area contributed by atoms with Gasteiger partial charge in [0.2, 0.25) is 0 Å². The summed E-state index contributed by atoms with van der Waals surface area (Å²) in [6.07, 6.45) is 5.49. The summed E-state index contributed by atoms with van der Waals surface area (Å²) in [6, 6.07) is 6.18. The summed E-state index contributed by atoms with van der Waals surface area (Å²) >= 11 is 0. The molecule has 4 nitrogen and oxygen atoms in total. The number of carbonyl (C=O) groups is 2. The summed E-state index contributed by atoms with van der Waals surface area (Å²) in [5.41, 5.74) is 2.88. The normalized spacial score (nSPS) is 37.0. The predicted molar refractivity (Wildman–Crippen MR) is 102 cm³/mol. The molecule has 4 heteroatoms. The fourth-order valence-electron chi connectivity index (χ4n) is 6.53. The Balaban J connectivity index is 1.63. The Bertz CT molecular complexity index is 770. The average Bonchev–Trinajstić information content (AvgIpc) is 2.90. The number of fused-ring (bicyclic) bond motifs is 5. The Labute approximate surface area is 161 Å². The molecule has 3 aliphatic rings. The molecule has 0 spiro atoms. The van der Waals surface area contributed by atoms with Crippen LogP contribution in [0.25, 0.3) is 0 Å². The van der Waals surface area contributed by atoms with Crippen LogP contribution in [0, 0.1) is 23.2 Å². The highest BCUT2D eigenvalue weighted by molar-refractivity contribution is 5.69. The number of carbonyl (C=O) groups excluding carboxylic acids is 2. The van der Waals surface area contributed by atoms with Crippen molar-refractivity contribution in [1.82, 2.24) is 0 Å². The molecule has 1 aromatic rings. The fourth-order valence-corrected chi connectivity index (χ4v) is 6.53. The lowest BCUT2D eigenvalue weighted by atomic mass is 9.53. The first-order valence-electron chi connectivity index (χ1n) is 10.3. The van der Waals surface area contributed by atoms with E-state index >= 15 is 0 Å². The zero-order valence-corrected chi connectivity index (χ0v) is 16.8. The first-order chi connectivity index (χ1) is 12.8. The third-order valence-corrected chi connectivity index (χ3v) is 7.53. The van der Waals surface area contributed by atoms with E-state index in [4.69, 9.17) is 9.47 Å². The molecule has 6 atom stereocenters. The topological polar surface area (TPSA) is 52.6 Å². The smallest absolute Gasteiger partial charge is 0.308 e. The van der Waals surface area contributed by atoms with E-state index in [2.05, 4.69) is 26.0 Å². The average molecular weight is 370 g/mol. The van der Waals surface area contributed by atoms with Gasteiger partial charge in [0, 0.05) is 19.3 Å². The Morgan fingerprint density at radius 1 is 1.11 bits per heavy atom. The van der Waals surface area contributed by atoms with E-state index in [0.717, 1.165) is 32.1 Å². The monoisotopic (exact) mass is 370 g/mol. The zero-order chi connectivity index (χ0) is 19.3. The maximum atomic E-state index is 11.6. The van der Waals surface area contributed by atoms with E-state index in [9.17, 15) is 9.59 Å². The first-order valence-corrected chi connectivity index (χ1v) is 10.3. The molecule has 0 aliphatic heterocycles. The van der Waals surface area contributed by atoms with Crippen LogP contribution in [0.5, 0.6) is 5.75 Å². The van der Waals surface area contributed by atoms with Crippen molar-refractivity contribution < 1.29 is 19.1 Å². The van der Waals surface area contributed by atoms with Crippen LogP contribution in [0.15, 0.2) is 18.2 Å². The molecule has 0 saturated heterocycles. The van der Waals surface area contributed by atoms with E-state index in [1.165, 1.54) is 25.0 Å². The Morgan fingerprint density at radius 2 is 1.89 bits per heavy atom. The van der Waals surface area contributed by atoms with Gasteiger partial charge in [-0.25, -0.2) is 0 Å². The number of hydrogen-bond donors (Lipinski definition) is 0. The molecule has 1 aromatic carbocycles. The number of esters is 2. The lowest BCUT2D eigenvalue weighted by molar-refractivity contribution is -0.155. The molecule has 0 bridgehead atoms. The van der Waals surface area contributed by atoms with Crippen molar-refractivity contribution in [1.29, 1.82) is 0 Å². The number of rotatable bonds is 2. The van der Waals surface area contributed by atoms with Gasteiger partial charge in [-0.2, -0.15) is 0 Å². The van der Waals surface area contributed by atoms with Crippen LogP contribution in [0.3, 0.4) is 0 Å². The maximum absolute atomic E-state index is 11.6. The molecule has 0 aromatic heterocycles. The van der Waals surface area contributed by atoms with E-state index in [0.29, 0.717) is 29.4 Å². The van der Waals surface area contributed by atoms with E-state index in [-0.39, 0.29) is 23.5 Å². The lowest BCUT2D eigenvalue weighted by Crippen LogP contribution is -2.47. The minimum absolute atomic E-state index is 0.0703. The zero-order valence-electron chi connectivity index (χ0n) is 16.8. The molecule has 146 valence electrons. The molecule has 6 unspecified atom stereocenters. The molecular formula is C23H30O4. The predicted octanol–water partition coefficient (Wildman–Crippen LogP) is 4.65. The Hall–Kier alpha value is -1.84. The lowest BCUT2D eigenvalue weighted by Gasteiger charge is -2.52. The molecule has 0 N–H and O–H groups in total. The van der Waals surface area contributed by atoms with E-state index in [1.54, 1.807) is 0 Å². The number of ether oxygens (including phenoxy) is 2. The molecule has 2 saturated carbocycles. The van der Waals surface area contributed by atoms with Crippen LogP contribution in [0.1, 0.15) is 70.4 Å². The second kappa shape index (κ2) is 6.65. The molecule has 2 fully saturated rings. The van der Waals surface area contributed by atoms with Gasteiger partial charge in [0.25, 0.3) is 0 Å². The Kier molecular flexibility index (Phi) is 4.56. The van der Waals surface area contributed by atoms with Crippen molar-refractivity contribution in [3.63, 3.8) is 0 Å².